The van der Waals surface area contributed by atoms with Crippen LogP contribution in [0.25, 0.3) is 11.3 Å². The summed E-state index contributed by atoms with van der Waals surface area (Å²) in [6.07, 6.45) is 0.267. The van der Waals surface area contributed by atoms with E-state index in [9.17, 15) is 4.79 Å². The van der Waals surface area contributed by atoms with Crippen molar-refractivity contribution in [2.45, 2.75) is 6.42 Å². The van der Waals surface area contributed by atoms with Gasteiger partial charge in [-0.1, -0.05) is 30.3 Å². The summed E-state index contributed by atoms with van der Waals surface area (Å²) in [6, 6.07) is 17.1. The van der Waals surface area contributed by atoms with E-state index in [1.165, 1.54) is 11.3 Å². The number of para-hydroxylation sites is 1. The molecule has 0 aliphatic rings. The zero-order chi connectivity index (χ0) is 17.5. The normalized spacial score (nSPS) is 10.3. The molecule has 3 aromatic rings. The van der Waals surface area contributed by atoms with E-state index in [4.69, 9.17) is 9.47 Å². The molecule has 1 N–H and O–H groups in total. The number of amides is 1. The van der Waals surface area contributed by atoms with E-state index >= 15 is 0 Å². The minimum Gasteiger partial charge on any atom is -0.497 e. The van der Waals surface area contributed by atoms with Gasteiger partial charge >= 0.3 is 0 Å². The van der Waals surface area contributed by atoms with Crippen LogP contribution in [0.4, 0.5) is 5.13 Å². The van der Waals surface area contributed by atoms with E-state index in [-0.39, 0.29) is 12.3 Å². The molecule has 25 heavy (non-hydrogen) atoms. The van der Waals surface area contributed by atoms with Gasteiger partial charge in [0.05, 0.1) is 25.8 Å². The average molecular weight is 354 g/mol. The molecule has 3 rings (SSSR count). The molecule has 128 valence electrons. The number of nitrogens with zero attached hydrogens (tertiary/aromatic N) is 1. The van der Waals surface area contributed by atoms with E-state index in [1.54, 1.807) is 7.11 Å². The van der Waals surface area contributed by atoms with E-state index in [0.29, 0.717) is 11.7 Å². The molecule has 1 heterocycles. The van der Waals surface area contributed by atoms with Gasteiger partial charge < -0.3 is 14.8 Å². The number of anilines is 1. The zero-order valence-corrected chi connectivity index (χ0v) is 14.6. The van der Waals surface area contributed by atoms with Gasteiger partial charge in [-0.25, -0.2) is 4.98 Å². The lowest BCUT2D eigenvalue weighted by molar-refractivity contribution is -0.116. The summed E-state index contributed by atoms with van der Waals surface area (Å²) in [7, 11) is 1.63. The largest absolute Gasteiger partial charge is 0.497 e. The molecule has 0 saturated carbocycles. The maximum atomic E-state index is 12.0. The molecule has 0 unspecified atom stereocenters. The quantitative estimate of drug-likeness (QED) is 0.690. The molecule has 0 radical (unpaired) electrons. The van der Waals surface area contributed by atoms with Gasteiger partial charge in [0, 0.05) is 10.9 Å². The number of nitrogens with one attached hydrogen (secondary N) is 1. The standard InChI is InChI=1S/C19H18N2O3S/c1-23-16-9-5-6-14(12-16)17-13-25-19(20-17)21-18(22)10-11-24-15-7-3-2-4-8-15/h2-9,12-13H,10-11H2,1H3,(H,20,21,22). The Morgan fingerprint density at radius 3 is 2.72 bits per heavy atom. The van der Waals surface area contributed by atoms with Crippen LogP contribution in [0.2, 0.25) is 0 Å². The van der Waals surface area contributed by atoms with Gasteiger partial charge in [-0.05, 0) is 24.3 Å². The van der Waals surface area contributed by atoms with Gasteiger partial charge in [-0.3, -0.25) is 4.79 Å². The first-order valence-electron chi connectivity index (χ1n) is 7.82. The molecular weight excluding hydrogens is 336 g/mol. The van der Waals surface area contributed by atoms with Crippen LogP contribution >= 0.6 is 11.3 Å². The second kappa shape index (κ2) is 8.30. The number of thiazole rings is 1. The molecule has 6 heteroatoms. The van der Waals surface area contributed by atoms with Crippen LogP contribution in [0.15, 0.2) is 60.0 Å². The third-order valence-corrected chi connectivity index (χ3v) is 4.21. The molecule has 1 aromatic heterocycles. The minimum absolute atomic E-state index is 0.123. The summed E-state index contributed by atoms with van der Waals surface area (Å²) in [5.41, 5.74) is 1.75. The fraction of sp³-hybridized carbons (Fsp3) is 0.158. The first-order chi connectivity index (χ1) is 12.2. The monoisotopic (exact) mass is 354 g/mol. The maximum absolute atomic E-state index is 12.0. The number of rotatable bonds is 7. The third kappa shape index (κ3) is 4.81. The minimum atomic E-state index is -0.123. The van der Waals surface area contributed by atoms with Crippen LogP contribution in [-0.2, 0) is 4.79 Å². The van der Waals surface area contributed by atoms with Crippen LogP contribution in [0.5, 0.6) is 11.5 Å². The number of hydrogen-bond donors (Lipinski definition) is 1. The third-order valence-electron chi connectivity index (χ3n) is 3.46. The smallest absolute Gasteiger partial charge is 0.229 e. The van der Waals surface area contributed by atoms with E-state index in [0.717, 1.165) is 22.8 Å². The summed E-state index contributed by atoms with van der Waals surface area (Å²) in [4.78, 5) is 16.5. The highest BCUT2D eigenvalue weighted by molar-refractivity contribution is 7.14. The highest BCUT2D eigenvalue weighted by Gasteiger charge is 2.09. The lowest BCUT2D eigenvalue weighted by Crippen LogP contribution is -2.15. The van der Waals surface area contributed by atoms with Gasteiger partial charge in [-0.2, -0.15) is 0 Å². The van der Waals surface area contributed by atoms with Crippen LogP contribution < -0.4 is 14.8 Å². The Morgan fingerprint density at radius 2 is 1.92 bits per heavy atom. The fourth-order valence-corrected chi connectivity index (χ4v) is 2.94. The number of carbonyl (C=O) groups is 1. The first kappa shape index (κ1) is 17.0. The van der Waals surface area contributed by atoms with Crippen molar-refractivity contribution in [1.82, 2.24) is 4.98 Å². The number of methoxy groups -OCH3 is 1. The predicted octanol–water partition coefficient (Wildman–Crippen LogP) is 4.23. The topological polar surface area (TPSA) is 60.5 Å². The molecule has 0 aliphatic carbocycles. The molecule has 0 aliphatic heterocycles. The Hall–Kier alpha value is -2.86. The molecular formula is C19H18N2O3S. The molecule has 0 fully saturated rings. The number of hydrogen-bond acceptors (Lipinski definition) is 5. The van der Waals surface area contributed by atoms with Crippen molar-refractivity contribution in [3.8, 4) is 22.8 Å². The van der Waals surface area contributed by atoms with Gasteiger partial charge in [0.25, 0.3) is 0 Å². The van der Waals surface area contributed by atoms with E-state index in [2.05, 4.69) is 10.3 Å². The second-order valence-electron chi connectivity index (χ2n) is 5.23. The summed E-state index contributed by atoms with van der Waals surface area (Å²) in [5.74, 6) is 1.40. The Labute approximate surface area is 150 Å². The van der Waals surface area contributed by atoms with Crippen LogP contribution in [0.1, 0.15) is 6.42 Å². The summed E-state index contributed by atoms with van der Waals surface area (Å²) in [5, 5.41) is 5.28. The van der Waals surface area contributed by atoms with Crippen molar-refractivity contribution in [3.05, 3.63) is 60.0 Å². The van der Waals surface area contributed by atoms with E-state index in [1.807, 2.05) is 60.0 Å². The molecule has 0 spiro atoms. The number of benzene rings is 2. The predicted molar refractivity (Wildman–Crippen MR) is 99.3 cm³/mol. The maximum Gasteiger partial charge on any atom is 0.229 e. The molecule has 0 saturated heterocycles. The van der Waals surface area contributed by atoms with Crippen molar-refractivity contribution < 1.29 is 14.3 Å². The Morgan fingerprint density at radius 1 is 1.12 bits per heavy atom. The Kier molecular flexibility index (Phi) is 5.64. The molecule has 2 aromatic carbocycles. The summed E-state index contributed by atoms with van der Waals surface area (Å²) >= 11 is 1.39. The van der Waals surface area contributed by atoms with Crippen LogP contribution in [0, 0.1) is 0 Å². The summed E-state index contributed by atoms with van der Waals surface area (Å²) in [6.45, 7) is 0.323. The van der Waals surface area contributed by atoms with Gasteiger partial charge in [0.2, 0.25) is 5.91 Å². The highest BCUT2D eigenvalue weighted by atomic mass is 32.1. The first-order valence-corrected chi connectivity index (χ1v) is 8.70. The fourth-order valence-electron chi connectivity index (χ4n) is 2.21. The summed E-state index contributed by atoms with van der Waals surface area (Å²) < 4.78 is 10.7. The SMILES string of the molecule is COc1cccc(-c2csc(NC(=O)CCOc3ccccc3)n2)c1. The molecule has 1 amide bonds. The lowest BCUT2D eigenvalue weighted by atomic mass is 10.2. The average Bonchev–Trinajstić information content (AvgIpc) is 3.11. The van der Waals surface area contributed by atoms with Crippen LogP contribution in [-0.4, -0.2) is 24.6 Å². The second-order valence-corrected chi connectivity index (χ2v) is 6.09. The van der Waals surface area contributed by atoms with E-state index < -0.39 is 0 Å². The Bertz CT molecular complexity index is 833. The number of carbonyl (C=O) groups excluding carboxylic acids is 1. The van der Waals surface area contributed by atoms with Crippen molar-refractivity contribution >= 4 is 22.4 Å². The van der Waals surface area contributed by atoms with Crippen LogP contribution in [0.3, 0.4) is 0 Å². The van der Waals surface area contributed by atoms with Crippen molar-refractivity contribution in [1.29, 1.82) is 0 Å². The van der Waals surface area contributed by atoms with Crippen molar-refractivity contribution in [2.24, 2.45) is 0 Å². The van der Waals surface area contributed by atoms with Gasteiger partial charge in [0.15, 0.2) is 5.13 Å². The zero-order valence-electron chi connectivity index (χ0n) is 13.8. The van der Waals surface area contributed by atoms with Gasteiger partial charge in [-0.15, -0.1) is 11.3 Å². The molecule has 0 atom stereocenters. The molecule has 0 bridgehead atoms. The number of ether oxygens (including phenoxy) is 2. The molecule has 5 nitrogen and oxygen atoms in total. The van der Waals surface area contributed by atoms with Crippen molar-refractivity contribution in [2.75, 3.05) is 19.0 Å². The highest BCUT2D eigenvalue weighted by Crippen LogP contribution is 2.27. The van der Waals surface area contributed by atoms with Crippen molar-refractivity contribution in [3.63, 3.8) is 0 Å². The number of aromatic nitrogens is 1. The van der Waals surface area contributed by atoms with Gasteiger partial charge in [0.1, 0.15) is 11.5 Å². The Balaban J connectivity index is 1.53. The lowest BCUT2D eigenvalue weighted by Gasteiger charge is -2.05.